The van der Waals surface area contributed by atoms with Crippen LogP contribution in [0.4, 0.5) is 0 Å². The predicted molar refractivity (Wildman–Crippen MR) is 91.2 cm³/mol. The summed E-state index contributed by atoms with van der Waals surface area (Å²) in [5.74, 6) is 1.81. The molecule has 0 N–H and O–H groups in total. The zero-order valence-electron chi connectivity index (χ0n) is 14.8. The Morgan fingerprint density at radius 3 is 1.39 bits per heavy atom. The van der Waals surface area contributed by atoms with E-state index in [1.54, 1.807) is 5.57 Å². The second-order valence-corrected chi connectivity index (χ2v) is 4.75. The van der Waals surface area contributed by atoms with E-state index in [0.717, 1.165) is 11.8 Å². The molecule has 0 nitrogen and oxygen atoms in total. The third kappa shape index (κ3) is 45.1. The van der Waals surface area contributed by atoms with E-state index in [1.165, 1.54) is 19.3 Å². The maximum atomic E-state index is 3.00. The van der Waals surface area contributed by atoms with Crippen LogP contribution in [0.25, 0.3) is 0 Å². The molecule has 0 aliphatic heterocycles. The zero-order chi connectivity index (χ0) is 15.6. The van der Waals surface area contributed by atoms with Gasteiger partial charge in [-0.25, -0.2) is 0 Å². The minimum absolute atomic E-state index is 0.833. The van der Waals surface area contributed by atoms with E-state index in [0.29, 0.717) is 0 Å². The van der Waals surface area contributed by atoms with Crippen LogP contribution in [-0.4, -0.2) is 0 Å². The molecule has 1 rings (SSSR count). The molecule has 0 bridgehead atoms. The van der Waals surface area contributed by atoms with Gasteiger partial charge in [0.1, 0.15) is 0 Å². The van der Waals surface area contributed by atoms with Crippen LogP contribution in [0.5, 0.6) is 0 Å². The standard InChI is InChI=1S/C7H12.C4H10.C3H8.C2H6.C2H4/c1-3-6(2)7-4-5-7;1-4(2)3;1-3-2;2*1-2/h3,7H,4-5H2,1-2H3;4H,1-3H3;3H2,1-2H3;1-2H3;1-2H2/b6-3+;;;;. The molecule has 0 radical (unpaired) electrons. The molecule has 1 aliphatic carbocycles. The molecule has 0 aromatic heterocycles. The van der Waals surface area contributed by atoms with E-state index >= 15 is 0 Å². The van der Waals surface area contributed by atoms with E-state index in [2.05, 4.69) is 67.7 Å². The van der Waals surface area contributed by atoms with Crippen molar-refractivity contribution in [1.29, 1.82) is 0 Å². The van der Waals surface area contributed by atoms with Crippen molar-refractivity contribution in [3.63, 3.8) is 0 Å². The summed E-state index contributed by atoms with van der Waals surface area (Å²) in [6.07, 6.45) is 6.35. The zero-order valence-corrected chi connectivity index (χ0v) is 14.8. The Bertz CT molecular complexity index is 135. The van der Waals surface area contributed by atoms with E-state index < -0.39 is 0 Å². The molecule has 0 aromatic rings. The normalized spacial score (nSPS) is 12.4. The summed E-state index contributed by atoms with van der Waals surface area (Å²) in [6.45, 7) is 25.1. The molecular formula is C18H40. The lowest BCUT2D eigenvalue weighted by Gasteiger charge is -1.88. The molecule has 0 saturated heterocycles. The van der Waals surface area contributed by atoms with Crippen molar-refractivity contribution in [2.45, 2.75) is 81.6 Å². The quantitative estimate of drug-likeness (QED) is 0.433. The van der Waals surface area contributed by atoms with Gasteiger partial charge in [0.15, 0.2) is 0 Å². The average molecular weight is 257 g/mol. The van der Waals surface area contributed by atoms with Gasteiger partial charge in [-0.05, 0) is 38.5 Å². The first-order valence-corrected chi connectivity index (χ1v) is 7.62. The monoisotopic (exact) mass is 256 g/mol. The highest BCUT2D eigenvalue weighted by molar-refractivity contribution is 5.07. The molecule has 0 spiro atoms. The van der Waals surface area contributed by atoms with Gasteiger partial charge < -0.3 is 0 Å². The highest BCUT2D eigenvalue weighted by Crippen LogP contribution is 2.35. The first-order valence-electron chi connectivity index (χ1n) is 7.62. The van der Waals surface area contributed by atoms with Gasteiger partial charge in [0.2, 0.25) is 0 Å². The lowest BCUT2D eigenvalue weighted by molar-refractivity contribution is 0.737. The fourth-order valence-corrected chi connectivity index (χ4v) is 0.774. The van der Waals surface area contributed by atoms with Crippen LogP contribution in [0.2, 0.25) is 0 Å². The maximum Gasteiger partial charge on any atom is -0.0206 e. The van der Waals surface area contributed by atoms with Gasteiger partial charge in [-0.1, -0.05) is 66.5 Å². The molecule has 0 aromatic carbocycles. The first-order chi connectivity index (χ1) is 8.49. The third-order valence-corrected chi connectivity index (χ3v) is 1.68. The van der Waals surface area contributed by atoms with Gasteiger partial charge in [-0.15, -0.1) is 13.2 Å². The molecule has 0 atom stereocenters. The van der Waals surface area contributed by atoms with Gasteiger partial charge in [-0.3, -0.25) is 0 Å². The molecule has 1 aliphatic rings. The van der Waals surface area contributed by atoms with Gasteiger partial charge >= 0.3 is 0 Å². The van der Waals surface area contributed by atoms with Crippen molar-refractivity contribution in [3.8, 4) is 0 Å². The van der Waals surface area contributed by atoms with Crippen LogP contribution < -0.4 is 0 Å². The molecule has 0 heteroatoms. The molecular weight excluding hydrogens is 216 g/mol. The topological polar surface area (TPSA) is 0 Å². The van der Waals surface area contributed by atoms with Gasteiger partial charge in [0.25, 0.3) is 0 Å². The Morgan fingerprint density at radius 2 is 1.33 bits per heavy atom. The number of allylic oxidation sites excluding steroid dienone is 2. The summed E-state index contributed by atoms with van der Waals surface area (Å²) in [6, 6.07) is 0. The minimum Gasteiger partial charge on any atom is -0.106 e. The smallest absolute Gasteiger partial charge is 0.0206 e. The van der Waals surface area contributed by atoms with E-state index in [9.17, 15) is 0 Å². The SMILES string of the molecule is C/C=C(\C)C1CC1.C=C.CC.CC(C)C.CCC. The number of hydrogen-bond donors (Lipinski definition) is 0. The lowest BCUT2D eigenvalue weighted by atomic mass is 10.2. The molecule has 0 unspecified atom stereocenters. The summed E-state index contributed by atoms with van der Waals surface area (Å²) in [5.41, 5.74) is 1.58. The average Bonchev–Trinajstić information content (AvgIpc) is 3.18. The Balaban J connectivity index is -0.0000000776. The highest BCUT2D eigenvalue weighted by Gasteiger charge is 2.21. The fraction of sp³-hybridized carbons (Fsp3) is 0.778. The Kier molecular flexibility index (Phi) is 36.8. The predicted octanol–water partition coefficient (Wildman–Crippen LogP) is 7.27. The lowest BCUT2D eigenvalue weighted by Crippen LogP contribution is -1.72. The van der Waals surface area contributed by atoms with Crippen LogP contribution in [0, 0.1) is 11.8 Å². The summed E-state index contributed by atoms with van der Waals surface area (Å²) in [4.78, 5) is 0. The van der Waals surface area contributed by atoms with Crippen molar-refractivity contribution < 1.29 is 0 Å². The van der Waals surface area contributed by atoms with E-state index in [4.69, 9.17) is 0 Å². The van der Waals surface area contributed by atoms with Crippen molar-refractivity contribution in [3.05, 3.63) is 24.8 Å². The van der Waals surface area contributed by atoms with Gasteiger partial charge in [0.05, 0.1) is 0 Å². The molecule has 0 heterocycles. The fourth-order valence-electron chi connectivity index (χ4n) is 0.774. The third-order valence-electron chi connectivity index (χ3n) is 1.68. The molecule has 18 heavy (non-hydrogen) atoms. The molecule has 1 saturated carbocycles. The molecule has 112 valence electrons. The van der Waals surface area contributed by atoms with Crippen molar-refractivity contribution in [2.24, 2.45) is 11.8 Å². The molecule has 0 amide bonds. The summed E-state index contributed by atoms with van der Waals surface area (Å²) in [5, 5.41) is 0. The Morgan fingerprint density at radius 1 is 1.11 bits per heavy atom. The van der Waals surface area contributed by atoms with E-state index in [-0.39, 0.29) is 0 Å². The molecule has 1 fully saturated rings. The number of hydrogen-bond acceptors (Lipinski definition) is 0. The van der Waals surface area contributed by atoms with Crippen LogP contribution >= 0.6 is 0 Å². The second-order valence-electron chi connectivity index (χ2n) is 4.75. The van der Waals surface area contributed by atoms with Crippen LogP contribution in [-0.2, 0) is 0 Å². The van der Waals surface area contributed by atoms with E-state index in [1.807, 2.05) is 13.8 Å². The highest BCUT2D eigenvalue weighted by atomic mass is 14.3. The summed E-state index contributed by atoms with van der Waals surface area (Å²) in [7, 11) is 0. The summed E-state index contributed by atoms with van der Waals surface area (Å²) >= 11 is 0. The van der Waals surface area contributed by atoms with Crippen molar-refractivity contribution >= 4 is 0 Å². The van der Waals surface area contributed by atoms with Gasteiger partial charge in [-0.2, -0.15) is 0 Å². The Labute approximate surface area is 119 Å². The van der Waals surface area contributed by atoms with Crippen molar-refractivity contribution in [1.82, 2.24) is 0 Å². The van der Waals surface area contributed by atoms with Crippen molar-refractivity contribution in [2.75, 3.05) is 0 Å². The maximum absolute atomic E-state index is 3.00. The van der Waals surface area contributed by atoms with Crippen LogP contribution in [0.3, 0.4) is 0 Å². The van der Waals surface area contributed by atoms with Crippen LogP contribution in [0.15, 0.2) is 24.8 Å². The summed E-state index contributed by atoms with van der Waals surface area (Å²) < 4.78 is 0. The Hall–Kier alpha value is -0.520. The van der Waals surface area contributed by atoms with Crippen LogP contribution in [0.1, 0.15) is 81.6 Å². The number of rotatable bonds is 1. The minimum atomic E-state index is 0.833. The first kappa shape index (κ1) is 26.1. The largest absolute Gasteiger partial charge is 0.106 e. The van der Waals surface area contributed by atoms with Gasteiger partial charge in [0, 0.05) is 0 Å². The second kappa shape index (κ2) is 25.4.